The molecule has 1 fully saturated rings. The van der Waals surface area contributed by atoms with Crippen LogP contribution in [0.15, 0.2) is 30.3 Å². The second-order valence-electron chi connectivity index (χ2n) is 4.10. The first-order valence-electron chi connectivity index (χ1n) is 5.90. The number of carbonyl (C=O) groups is 1. The van der Waals surface area contributed by atoms with E-state index in [-0.39, 0.29) is 5.91 Å². The lowest BCUT2D eigenvalue weighted by Crippen LogP contribution is -2.48. The smallest absolute Gasteiger partial charge is 0.256 e. The molecular weight excluding hydrogens is 216 g/mol. The minimum Gasteiger partial charge on any atom is -0.367 e. The monoisotopic (exact) mass is 234 g/mol. The predicted octanol–water partition coefficient (Wildman–Crippen LogP) is 0.806. The van der Waals surface area contributed by atoms with Crippen LogP contribution in [0.4, 0.5) is 0 Å². The van der Waals surface area contributed by atoms with Gasteiger partial charge in [-0.2, -0.15) is 0 Å². The molecule has 1 aromatic carbocycles. The molecule has 1 heterocycles. The van der Waals surface area contributed by atoms with Crippen molar-refractivity contribution in [2.24, 2.45) is 0 Å². The van der Waals surface area contributed by atoms with Gasteiger partial charge in [0.25, 0.3) is 5.91 Å². The van der Waals surface area contributed by atoms with Crippen LogP contribution < -0.4 is 5.32 Å². The van der Waals surface area contributed by atoms with Crippen LogP contribution in [0.3, 0.4) is 0 Å². The van der Waals surface area contributed by atoms with Gasteiger partial charge in [0.1, 0.15) is 0 Å². The number of nitrogens with zero attached hydrogens (tertiary/aromatic N) is 1. The summed E-state index contributed by atoms with van der Waals surface area (Å²) in [6, 6.07) is 9.63. The number of piperazine rings is 1. The van der Waals surface area contributed by atoms with Gasteiger partial charge in [0.15, 0.2) is 6.10 Å². The Morgan fingerprint density at radius 3 is 2.53 bits per heavy atom. The Labute approximate surface area is 102 Å². The van der Waals surface area contributed by atoms with Gasteiger partial charge in [0, 0.05) is 33.3 Å². The van der Waals surface area contributed by atoms with E-state index in [1.165, 1.54) is 0 Å². The number of amides is 1. The average Bonchev–Trinajstić information content (AvgIpc) is 2.42. The van der Waals surface area contributed by atoms with Crippen molar-refractivity contribution in [2.45, 2.75) is 6.10 Å². The molecule has 1 aliphatic heterocycles. The topological polar surface area (TPSA) is 41.6 Å². The van der Waals surface area contributed by atoms with Crippen LogP contribution in [0.2, 0.25) is 0 Å². The van der Waals surface area contributed by atoms with E-state index in [9.17, 15) is 4.79 Å². The molecule has 1 aromatic rings. The number of rotatable bonds is 3. The molecule has 0 spiro atoms. The van der Waals surface area contributed by atoms with Crippen LogP contribution in [-0.4, -0.2) is 44.1 Å². The highest BCUT2D eigenvalue weighted by atomic mass is 16.5. The average molecular weight is 234 g/mol. The second kappa shape index (κ2) is 5.80. The van der Waals surface area contributed by atoms with E-state index in [1.807, 2.05) is 35.2 Å². The summed E-state index contributed by atoms with van der Waals surface area (Å²) in [6.07, 6.45) is -0.478. The van der Waals surface area contributed by atoms with Crippen molar-refractivity contribution in [3.63, 3.8) is 0 Å². The molecular formula is C13H18N2O2. The fraction of sp³-hybridized carbons (Fsp3) is 0.462. The maximum Gasteiger partial charge on any atom is 0.256 e. The Morgan fingerprint density at radius 1 is 1.29 bits per heavy atom. The van der Waals surface area contributed by atoms with Gasteiger partial charge in [0.05, 0.1) is 0 Å². The van der Waals surface area contributed by atoms with Gasteiger partial charge in [-0.25, -0.2) is 0 Å². The van der Waals surface area contributed by atoms with Gasteiger partial charge >= 0.3 is 0 Å². The van der Waals surface area contributed by atoms with Gasteiger partial charge in [-0.3, -0.25) is 4.79 Å². The Bertz CT molecular complexity index is 361. The number of nitrogens with one attached hydrogen (secondary N) is 1. The molecule has 2 rings (SSSR count). The summed E-state index contributed by atoms with van der Waals surface area (Å²) in [5, 5.41) is 3.23. The molecule has 92 valence electrons. The maximum absolute atomic E-state index is 12.3. The largest absolute Gasteiger partial charge is 0.367 e. The molecule has 4 heteroatoms. The highest BCUT2D eigenvalue weighted by Crippen LogP contribution is 2.19. The Kier molecular flexibility index (Phi) is 4.12. The fourth-order valence-electron chi connectivity index (χ4n) is 2.06. The predicted molar refractivity (Wildman–Crippen MR) is 65.6 cm³/mol. The quantitative estimate of drug-likeness (QED) is 0.841. The van der Waals surface area contributed by atoms with Crippen LogP contribution >= 0.6 is 0 Å². The Hall–Kier alpha value is -1.39. The molecule has 1 saturated heterocycles. The van der Waals surface area contributed by atoms with E-state index in [4.69, 9.17) is 4.74 Å². The fourth-order valence-corrected chi connectivity index (χ4v) is 2.06. The van der Waals surface area contributed by atoms with E-state index in [2.05, 4.69) is 5.32 Å². The standard InChI is InChI=1S/C13H18N2O2/c1-17-12(11-5-3-2-4-6-11)13(16)15-9-7-14-8-10-15/h2-6,12,14H,7-10H2,1H3/t12-/m0/s1. The van der Waals surface area contributed by atoms with Gasteiger partial charge in [-0.1, -0.05) is 30.3 Å². The number of carbonyl (C=O) groups excluding carboxylic acids is 1. The summed E-state index contributed by atoms with van der Waals surface area (Å²) in [7, 11) is 1.58. The minimum atomic E-state index is -0.478. The molecule has 17 heavy (non-hydrogen) atoms. The van der Waals surface area contributed by atoms with E-state index >= 15 is 0 Å². The van der Waals surface area contributed by atoms with Crippen molar-refractivity contribution in [1.82, 2.24) is 10.2 Å². The zero-order chi connectivity index (χ0) is 12.1. The van der Waals surface area contributed by atoms with Gasteiger partial charge in [-0.15, -0.1) is 0 Å². The first kappa shape index (κ1) is 12.1. The lowest BCUT2D eigenvalue weighted by molar-refractivity contribution is -0.143. The van der Waals surface area contributed by atoms with Crippen LogP contribution in [0.5, 0.6) is 0 Å². The number of benzene rings is 1. The first-order valence-corrected chi connectivity index (χ1v) is 5.90. The molecule has 1 aliphatic rings. The van der Waals surface area contributed by atoms with Crippen molar-refractivity contribution < 1.29 is 9.53 Å². The maximum atomic E-state index is 12.3. The third-order valence-electron chi connectivity index (χ3n) is 2.99. The molecule has 1 atom stereocenters. The third kappa shape index (κ3) is 2.84. The molecule has 4 nitrogen and oxygen atoms in total. The van der Waals surface area contributed by atoms with Crippen molar-refractivity contribution in [1.29, 1.82) is 0 Å². The number of methoxy groups -OCH3 is 1. The minimum absolute atomic E-state index is 0.0557. The second-order valence-corrected chi connectivity index (χ2v) is 4.10. The molecule has 1 N–H and O–H groups in total. The molecule has 0 saturated carbocycles. The summed E-state index contributed by atoms with van der Waals surface area (Å²) in [4.78, 5) is 14.2. The van der Waals surface area contributed by atoms with Gasteiger partial charge in [-0.05, 0) is 5.56 Å². The highest BCUT2D eigenvalue weighted by Gasteiger charge is 2.26. The van der Waals surface area contributed by atoms with Crippen molar-refractivity contribution in [2.75, 3.05) is 33.3 Å². The summed E-state index contributed by atoms with van der Waals surface area (Å²) >= 11 is 0. The molecule has 0 aliphatic carbocycles. The summed E-state index contributed by atoms with van der Waals surface area (Å²) in [5.74, 6) is 0.0557. The zero-order valence-corrected chi connectivity index (χ0v) is 10.1. The Morgan fingerprint density at radius 2 is 1.94 bits per heavy atom. The van der Waals surface area contributed by atoms with Crippen molar-refractivity contribution in [3.8, 4) is 0 Å². The zero-order valence-electron chi connectivity index (χ0n) is 10.1. The van der Waals surface area contributed by atoms with Gasteiger partial charge in [0.2, 0.25) is 0 Å². The lowest BCUT2D eigenvalue weighted by atomic mass is 10.1. The van der Waals surface area contributed by atoms with E-state index in [0.717, 1.165) is 31.7 Å². The third-order valence-corrected chi connectivity index (χ3v) is 2.99. The molecule has 1 amide bonds. The first-order chi connectivity index (χ1) is 8.33. The number of ether oxygens (including phenoxy) is 1. The van der Waals surface area contributed by atoms with E-state index in [1.54, 1.807) is 7.11 Å². The van der Waals surface area contributed by atoms with Crippen molar-refractivity contribution >= 4 is 5.91 Å². The van der Waals surface area contributed by atoms with Crippen LogP contribution in [-0.2, 0) is 9.53 Å². The van der Waals surface area contributed by atoms with E-state index < -0.39 is 6.10 Å². The lowest BCUT2D eigenvalue weighted by Gasteiger charge is -2.30. The summed E-state index contributed by atoms with van der Waals surface area (Å²) in [6.45, 7) is 3.23. The van der Waals surface area contributed by atoms with Crippen LogP contribution in [0, 0.1) is 0 Å². The SMILES string of the molecule is CO[C@H](C(=O)N1CCNCC1)c1ccccc1. The molecule has 0 bridgehead atoms. The van der Waals surface area contributed by atoms with Crippen LogP contribution in [0.25, 0.3) is 0 Å². The molecule has 0 radical (unpaired) electrons. The highest BCUT2D eigenvalue weighted by molar-refractivity contribution is 5.82. The van der Waals surface area contributed by atoms with Crippen molar-refractivity contribution in [3.05, 3.63) is 35.9 Å². The van der Waals surface area contributed by atoms with E-state index in [0.29, 0.717) is 0 Å². The molecule has 0 aromatic heterocycles. The summed E-state index contributed by atoms with van der Waals surface area (Å²) < 4.78 is 5.34. The van der Waals surface area contributed by atoms with Gasteiger partial charge < -0.3 is 15.0 Å². The molecule has 0 unspecified atom stereocenters. The summed E-state index contributed by atoms with van der Waals surface area (Å²) in [5.41, 5.74) is 0.915. The number of hydrogen-bond acceptors (Lipinski definition) is 3. The van der Waals surface area contributed by atoms with Crippen LogP contribution in [0.1, 0.15) is 11.7 Å². The Balaban J connectivity index is 2.10. The normalized spacial score (nSPS) is 17.8. The number of hydrogen-bond donors (Lipinski definition) is 1.